The second kappa shape index (κ2) is 12.0. The first kappa shape index (κ1) is 26.7. The lowest BCUT2D eigenvalue weighted by Crippen LogP contribution is -2.51. The molecular formula is C23H30BrN3O5S. The Hall–Kier alpha value is -2.59. The Labute approximate surface area is 204 Å². The number of nitrogens with one attached hydrogen (secondary N) is 1. The van der Waals surface area contributed by atoms with Crippen molar-refractivity contribution in [3.63, 3.8) is 0 Å². The van der Waals surface area contributed by atoms with Crippen LogP contribution in [0.3, 0.4) is 0 Å². The number of hydrogen-bond acceptors (Lipinski definition) is 5. The Morgan fingerprint density at radius 2 is 1.70 bits per heavy atom. The van der Waals surface area contributed by atoms with Gasteiger partial charge in [-0.1, -0.05) is 35.0 Å². The third-order valence-electron chi connectivity index (χ3n) is 5.02. The smallest absolute Gasteiger partial charge is 0.244 e. The lowest BCUT2D eigenvalue weighted by atomic mass is 10.1. The van der Waals surface area contributed by atoms with E-state index in [1.165, 1.54) is 4.90 Å². The number of anilines is 1. The normalized spacial score (nSPS) is 12.0. The monoisotopic (exact) mass is 539 g/mol. The largest absolute Gasteiger partial charge is 0.497 e. The number of methoxy groups -OCH3 is 1. The molecule has 10 heteroatoms. The van der Waals surface area contributed by atoms with E-state index in [4.69, 9.17) is 4.74 Å². The van der Waals surface area contributed by atoms with Gasteiger partial charge in [-0.3, -0.25) is 13.9 Å². The molecular weight excluding hydrogens is 510 g/mol. The van der Waals surface area contributed by atoms with Crippen LogP contribution < -0.4 is 14.4 Å². The molecule has 2 rings (SSSR count). The highest BCUT2D eigenvalue weighted by Crippen LogP contribution is 2.22. The summed E-state index contributed by atoms with van der Waals surface area (Å²) in [6.45, 7) is 3.77. The van der Waals surface area contributed by atoms with E-state index in [1.807, 2.05) is 6.92 Å². The zero-order valence-electron chi connectivity index (χ0n) is 19.2. The van der Waals surface area contributed by atoms with Gasteiger partial charge in [-0.25, -0.2) is 8.42 Å². The van der Waals surface area contributed by atoms with Gasteiger partial charge in [0, 0.05) is 17.6 Å². The van der Waals surface area contributed by atoms with Gasteiger partial charge in [0.15, 0.2) is 0 Å². The average Bonchev–Trinajstić information content (AvgIpc) is 2.79. The van der Waals surface area contributed by atoms with Gasteiger partial charge in [-0.05, 0) is 55.3 Å². The van der Waals surface area contributed by atoms with Crippen LogP contribution in [0.25, 0.3) is 0 Å². The minimum atomic E-state index is -3.75. The van der Waals surface area contributed by atoms with Gasteiger partial charge in [-0.15, -0.1) is 0 Å². The molecule has 0 unspecified atom stereocenters. The van der Waals surface area contributed by atoms with Gasteiger partial charge < -0.3 is 15.0 Å². The zero-order chi connectivity index (χ0) is 24.6. The SMILES string of the molecule is CCCNC(=O)[C@H](C)N(Cc1ccc(OC)cc1)C(=O)CN(c1ccc(Br)cc1)S(C)(=O)=O. The molecule has 1 N–H and O–H groups in total. The number of halogens is 1. The molecule has 2 amide bonds. The second-order valence-electron chi connectivity index (χ2n) is 7.58. The molecule has 2 aromatic carbocycles. The van der Waals surface area contributed by atoms with Crippen molar-refractivity contribution in [3.8, 4) is 5.75 Å². The van der Waals surface area contributed by atoms with Crippen LogP contribution in [0.1, 0.15) is 25.8 Å². The first-order valence-corrected chi connectivity index (χ1v) is 13.1. The quantitative estimate of drug-likeness (QED) is 0.473. The van der Waals surface area contributed by atoms with E-state index in [0.717, 1.165) is 27.0 Å². The Morgan fingerprint density at radius 1 is 1.09 bits per heavy atom. The van der Waals surface area contributed by atoms with Gasteiger partial charge >= 0.3 is 0 Å². The van der Waals surface area contributed by atoms with Crippen LogP contribution in [0.2, 0.25) is 0 Å². The number of hydrogen-bond donors (Lipinski definition) is 1. The fourth-order valence-corrected chi connectivity index (χ4v) is 4.24. The van der Waals surface area contributed by atoms with E-state index < -0.39 is 28.5 Å². The molecule has 2 aromatic rings. The summed E-state index contributed by atoms with van der Waals surface area (Å²) in [4.78, 5) is 27.5. The van der Waals surface area contributed by atoms with Gasteiger partial charge in [0.2, 0.25) is 21.8 Å². The highest BCUT2D eigenvalue weighted by atomic mass is 79.9. The highest BCUT2D eigenvalue weighted by Gasteiger charge is 2.30. The molecule has 0 saturated heterocycles. The zero-order valence-corrected chi connectivity index (χ0v) is 21.6. The summed E-state index contributed by atoms with van der Waals surface area (Å²) in [6, 6.07) is 13.0. The van der Waals surface area contributed by atoms with Crippen molar-refractivity contribution in [2.75, 3.05) is 30.8 Å². The number of nitrogens with zero attached hydrogens (tertiary/aromatic N) is 2. The predicted octanol–water partition coefficient (Wildman–Crippen LogP) is 3.17. The van der Waals surface area contributed by atoms with Crippen LogP contribution in [0.15, 0.2) is 53.0 Å². The second-order valence-corrected chi connectivity index (χ2v) is 10.4. The number of sulfonamides is 1. The molecule has 0 aliphatic rings. The fraction of sp³-hybridized carbons (Fsp3) is 0.391. The Morgan fingerprint density at radius 3 is 2.21 bits per heavy atom. The van der Waals surface area contributed by atoms with Crippen molar-refractivity contribution in [2.45, 2.75) is 32.9 Å². The van der Waals surface area contributed by atoms with Gasteiger partial charge in [0.05, 0.1) is 19.1 Å². The molecule has 8 nitrogen and oxygen atoms in total. The third kappa shape index (κ3) is 7.75. The lowest BCUT2D eigenvalue weighted by Gasteiger charge is -2.31. The van der Waals surface area contributed by atoms with Crippen LogP contribution in [0, 0.1) is 0 Å². The van der Waals surface area contributed by atoms with E-state index in [0.29, 0.717) is 18.0 Å². The minimum Gasteiger partial charge on any atom is -0.497 e. The standard InChI is InChI=1S/C23H30BrN3O5S/c1-5-14-25-23(29)17(2)26(15-18-6-12-21(32-3)13-7-18)22(28)16-27(33(4,30)31)20-10-8-19(24)9-11-20/h6-13,17H,5,14-16H2,1-4H3,(H,25,29)/t17-/m0/s1. The summed E-state index contributed by atoms with van der Waals surface area (Å²) in [7, 11) is -2.19. The number of benzene rings is 2. The molecule has 180 valence electrons. The summed E-state index contributed by atoms with van der Waals surface area (Å²) >= 11 is 3.33. The fourth-order valence-electron chi connectivity index (χ4n) is 3.13. The van der Waals surface area contributed by atoms with Crippen molar-refractivity contribution in [3.05, 3.63) is 58.6 Å². The molecule has 0 aliphatic heterocycles. The summed E-state index contributed by atoms with van der Waals surface area (Å²) in [6.07, 6.45) is 1.81. The molecule has 0 aliphatic carbocycles. The van der Waals surface area contributed by atoms with Crippen molar-refractivity contribution < 1.29 is 22.7 Å². The summed E-state index contributed by atoms with van der Waals surface area (Å²) < 4.78 is 32.0. The molecule has 0 heterocycles. The Bertz CT molecular complexity index is 1040. The molecule has 0 saturated carbocycles. The van der Waals surface area contributed by atoms with Gasteiger partial charge in [0.25, 0.3) is 0 Å². The molecule has 0 bridgehead atoms. The number of carbonyl (C=O) groups is 2. The maximum atomic E-state index is 13.4. The Balaban J connectivity index is 2.34. The topological polar surface area (TPSA) is 96.0 Å². The van der Waals surface area contributed by atoms with Crippen LogP contribution in [0.5, 0.6) is 5.75 Å². The van der Waals surface area contributed by atoms with Crippen LogP contribution in [-0.2, 0) is 26.2 Å². The van der Waals surface area contributed by atoms with Crippen molar-refractivity contribution >= 4 is 43.5 Å². The molecule has 33 heavy (non-hydrogen) atoms. The summed E-state index contributed by atoms with van der Waals surface area (Å²) in [5.41, 5.74) is 1.15. The van der Waals surface area contributed by atoms with Crippen molar-refractivity contribution in [1.29, 1.82) is 0 Å². The number of amides is 2. The average molecular weight is 540 g/mol. The van der Waals surface area contributed by atoms with E-state index in [9.17, 15) is 18.0 Å². The molecule has 0 radical (unpaired) electrons. The first-order chi connectivity index (χ1) is 15.6. The number of rotatable bonds is 11. The molecule has 0 spiro atoms. The summed E-state index contributed by atoms with van der Waals surface area (Å²) in [5, 5.41) is 2.80. The maximum Gasteiger partial charge on any atom is 0.244 e. The highest BCUT2D eigenvalue weighted by molar-refractivity contribution is 9.10. The van der Waals surface area contributed by atoms with E-state index in [2.05, 4.69) is 21.2 Å². The van der Waals surface area contributed by atoms with E-state index in [-0.39, 0.29) is 12.5 Å². The number of ether oxygens (including phenoxy) is 1. The molecule has 0 fully saturated rings. The van der Waals surface area contributed by atoms with Crippen LogP contribution >= 0.6 is 15.9 Å². The van der Waals surface area contributed by atoms with Crippen LogP contribution in [-0.4, -0.2) is 57.6 Å². The lowest BCUT2D eigenvalue weighted by molar-refractivity contribution is -0.139. The first-order valence-electron chi connectivity index (χ1n) is 10.5. The summed E-state index contributed by atoms with van der Waals surface area (Å²) in [5.74, 6) is -0.115. The minimum absolute atomic E-state index is 0.140. The molecule has 1 atom stereocenters. The van der Waals surface area contributed by atoms with Crippen molar-refractivity contribution in [2.24, 2.45) is 0 Å². The number of carbonyl (C=O) groups excluding carboxylic acids is 2. The van der Waals surface area contributed by atoms with Gasteiger partial charge in [-0.2, -0.15) is 0 Å². The molecule has 0 aromatic heterocycles. The third-order valence-corrected chi connectivity index (χ3v) is 6.69. The van der Waals surface area contributed by atoms with E-state index in [1.54, 1.807) is 62.6 Å². The predicted molar refractivity (Wildman–Crippen MR) is 133 cm³/mol. The van der Waals surface area contributed by atoms with Crippen molar-refractivity contribution in [1.82, 2.24) is 10.2 Å². The van der Waals surface area contributed by atoms with E-state index >= 15 is 0 Å². The van der Waals surface area contributed by atoms with Crippen LogP contribution in [0.4, 0.5) is 5.69 Å². The maximum absolute atomic E-state index is 13.4. The Kier molecular flexibility index (Phi) is 9.72. The van der Waals surface area contributed by atoms with Gasteiger partial charge in [0.1, 0.15) is 18.3 Å².